The third-order valence-corrected chi connectivity index (χ3v) is 2.59. The van der Waals surface area contributed by atoms with Crippen molar-refractivity contribution < 1.29 is 9.53 Å². The minimum Gasteiger partial charge on any atom is -0.484 e. The Bertz CT molecular complexity index is 577. The van der Waals surface area contributed by atoms with Gasteiger partial charge in [-0.15, -0.1) is 0 Å². The number of carbonyl (C=O) groups is 1. The van der Waals surface area contributed by atoms with Gasteiger partial charge in [-0.3, -0.25) is 4.79 Å². The summed E-state index contributed by atoms with van der Waals surface area (Å²) in [6.07, 6.45) is 1.59. The van der Waals surface area contributed by atoms with Crippen LogP contribution in [0.2, 0.25) is 0 Å². The molecule has 2 rings (SSSR count). The lowest BCUT2D eigenvalue weighted by Gasteiger charge is -2.04. The van der Waals surface area contributed by atoms with Gasteiger partial charge in [0.15, 0.2) is 6.61 Å². The van der Waals surface area contributed by atoms with Crippen molar-refractivity contribution in [3.8, 4) is 5.75 Å². The summed E-state index contributed by atoms with van der Waals surface area (Å²) in [5.74, 6) is 0.371. The molecule has 0 aliphatic carbocycles. The Labute approximate surface area is 118 Å². The molecule has 1 amide bonds. The number of nitrogens with one attached hydrogen (secondary N) is 1. The first-order valence-electron chi connectivity index (χ1n) is 6.30. The first kappa shape index (κ1) is 13.8. The van der Waals surface area contributed by atoms with Crippen molar-refractivity contribution in [1.29, 1.82) is 0 Å². The van der Waals surface area contributed by atoms with Crippen molar-refractivity contribution in [3.05, 3.63) is 65.7 Å². The maximum absolute atomic E-state index is 11.5. The average Bonchev–Trinajstić information content (AvgIpc) is 2.48. The first-order valence-corrected chi connectivity index (χ1v) is 6.30. The number of amides is 1. The number of ether oxygens (including phenoxy) is 1. The molecule has 2 aromatic rings. The highest BCUT2D eigenvalue weighted by molar-refractivity contribution is 5.82. The molecule has 4 nitrogen and oxygen atoms in total. The number of hydrogen-bond donors (Lipinski definition) is 1. The zero-order valence-electron chi connectivity index (χ0n) is 11.2. The van der Waals surface area contributed by atoms with E-state index in [0.29, 0.717) is 5.75 Å². The Kier molecular flexibility index (Phi) is 4.89. The Morgan fingerprint density at radius 2 is 1.85 bits per heavy atom. The van der Waals surface area contributed by atoms with Crippen molar-refractivity contribution in [2.24, 2.45) is 5.10 Å². The van der Waals surface area contributed by atoms with Crippen LogP contribution < -0.4 is 10.2 Å². The van der Waals surface area contributed by atoms with Crippen LogP contribution >= 0.6 is 0 Å². The van der Waals surface area contributed by atoms with E-state index >= 15 is 0 Å². The van der Waals surface area contributed by atoms with E-state index in [9.17, 15) is 4.79 Å². The molecule has 0 aromatic heterocycles. The van der Waals surface area contributed by atoms with Crippen molar-refractivity contribution in [2.75, 3.05) is 6.61 Å². The normalized spacial score (nSPS) is 10.4. The van der Waals surface area contributed by atoms with Crippen molar-refractivity contribution in [2.45, 2.75) is 6.92 Å². The van der Waals surface area contributed by atoms with Crippen LogP contribution in [0.25, 0.3) is 0 Å². The average molecular weight is 268 g/mol. The highest BCUT2D eigenvalue weighted by Crippen LogP contribution is 2.10. The van der Waals surface area contributed by atoms with Gasteiger partial charge in [-0.05, 0) is 24.6 Å². The van der Waals surface area contributed by atoms with E-state index in [1.807, 2.05) is 61.5 Å². The van der Waals surface area contributed by atoms with Crippen LogP contribution in [0.1, 0.15) is 11.1 Å². The van der Waals surface area contributed by atoms with Crippen molar-refractivity contribution in [3.63, 3.8) is 0 Å². The van der Waals surface area contributed by atoms with E-state index in [1.54, 1.807) is 6.21 Å². The van der Waals surface area contributed by atoms with E-state index in [1.165, 1.54) is 0 Å². The van der Waals surface area contributed by atoms with Gasteiger partial charge < -0.3 is 4.74 Å². The van der Waals surface area contributed by atoms with E-state index < -0.39 is 0 Å². The molecule has 0 spiro atoms. The smallest absolute Gasteiger partial charge is 0.277 e. The topological polar surface area (TPSA) is 50.7 Å². The molecule has 102 valence electrons. The van der Waals surface area contributed by atoms with Gasteiger partial charge in [0.2, 0.25) is 0 Å². The van der Waals surface area contributed by atoms with Crippen LogP contribution in [-0.2, 0) is 4.79 Å². The molecule has 0 unspecified atom stereocenters. The van der Waals surface area contributed by atoms with Gasteiger partial charge in [0.05, 0.1) is 6.21 Å². The number of hydrazone groups is 1. The summed E-state index contributed by atoms with van der Waals surface area (Å²) in [4.78, 5) is 11.5. The van der Waals surface area contributed by atoms with Gasteiger partial charge in [0.1, 0.15) is 5.75 Å². The first-order chi connectivity index (χ1) is 9.74. The second-order valence-corrected chi connectivity index (χ2v) is 4.31. The van der Waals surface area contributed by atoms with Crippen molar-refractivity contribution >= 4 is 12.1 Å². The Morgan fingerprint density at radius 3 is 2.55 bits per heavy atom. The summed E-state index contributed by atoms with van der Waals surface area (Å²) in [6, 6.07) is 17.1. The molecule has 0 bridgehead atoms. The fourth-order valence-corrected chi connectivity index (χ4v) is 1.53. The molecule has 1 N–H and O–H groups in total. The Morgan fingerprint density at radius 1 is 1.15 bits per heavy atom. The van der Waals surface area contributed by atoms with E-state index in [0.717, 1.165) is 11.1 Å². The second-order valence-electron chi connectivity index (χ2n) is 4.31. The maximum atomic E-state index is 11.5. The van der Waals surface area contributed by atoms with Crippen LogP contribution in [0.15, 0.2) is 59.7 Å². The van der Waals surface area contributed by atoms with Crippen LogP contribution in [0.5, 0.6) is 5.75 Å². The third kappa shape index (κ3) is 4.57. The van der Waals surface area contributed by atoms with Crippen LogP contribution in [0.3, 0.4) is 0 Å². The molecule has 0 aliphatic heterocycles. The molecule has 0 atom stereocenters. The highest BCUT2D eigenvalue weighted by atomic mass is 16.5. The standard InChI is InChI=1S/C16H16N2O2/c1-13-7-9-15(10-8-13)20-12-16(19)18-17-11-14-5-3-2-4-6-14/h2-11H,12H2,1H3,(H,18,19). The monoisotopic (exact) mass is 268 g/mol. The Balaban J connectivity index is 1.76. The molecule has 0 heterocycles. The number of aryl methyl sites for hydroxylation is 1. The maximum Gasteiger partial charge on any atom is 0.277 e. The third-order valence-electron chi connectivity index (χ3n) is 2.59. The molecule has 2 aromatic carbocycles. The lowest BCUT2D eigenvalue weighted by molar-refractivity contribution is -0.123. The largest absolute Gasteiger partial charge is 0.484 e. The second kappa shape index (κ2) is 7.09. The number of carbonyl (C=O) groups excluding carboxylic acids is 1. The summed E-state index contributed by atoms with van der Waals surface area (Å²) in [7, 11) is 0. The quantitative estimate of drug-likeness (QED) is 0.669. The van der Waals surface area contributed by atoms with E-state index in [-0.39, 0.29) is 12.5 Å². The van der Waals surface area contributed by atoms with Crippen LogP contribution in [0.4, 0.5) is 0 Å². The predicted octanol–water partition coefficient (Wildman–Crippen LogP) is 2.52. The zero-order valence-corrected chi connectivity index (χ0v) is 11.2. The zero-order chi connectivity index (χ0) is 14.2. The highest BCUT2D eigenvalue weighted by Gasteiger charge is 2.00. The van der Waals surface area contributed by atoms with Gasteiger partial charge >= 0.3 is 0 Å². The van der Waals surface area contributed by atoms with E-state index in [4.69, 9.17) is 4.74 Å². The fraction of sp³-hybridized carbons (Fsp3) is 0.125. The van der Waals surface area contributed by atoms with Gasteiger partial charge in [-0.2, -0.15) is 5.10 Å². The molecule has 20 heavy (non-hydrogen) atoms. The van der Waals surface area contributed by atoms with Gasteiger partial charge in [-0.25, -0.2) is 5.43 Å². The lowest BCUT2D eigenvalue weighted by atomic mass is 10.2. The van der Waals surface area contributed by atoms with Crippen LogP contribution in [0, 0.1) is 6.92 Å². The van der Waals surface area contributed by atoms with Gasteiger partial charge in [0.25, 0.3) is 5.91 Å². The summed E-state index contributed by atoms with van der Waals surface area (Å²) < 4.78 is 5.34. The fourth-order valence-electron chi connectivity index (χ4n) is 1.53. The summed E-state index contributed by atoms with van der Waals surface area (Å²) in [5, 5.41) is 3.86. The molecule has 0 aliphatic rings. The molecular formula is C16H16N2O2. The summed E-state index contributed by atoms with van der Waals surface area (Å²) in [5.41, 5.74) is 4.49. The minimum atomic E-state index is -0.294. The molecular weight excluding hydrogens is 252 g/mol. The number of hydrogen-bond acceptors (Lipinski definition) is 3. The van der Waals surface area contributed by atoms with E-state index in [2.05, 4.69) is 10.5 Å². The SMILES string of the molecule is Cc1ccc(OCC(=O)NN=Cc2ccccc2)cc1. The molecule has 0 saturated heterocycles. The van der Waals surface area contributed by atoms with Gasteiger partial charge in [0, 0.05) is 0 Å². The molecule has 0 saturated carbocycles. The minimum absolute atomic E-state index is 0.0603. The number of rotatable bonds is 5. The lowest BCUT2D eigenvalue weighted by Crippen LogP contribution is -2.24. The summed E-state index contributed by atoms with van der Waals surface area (Å²) in [6.45, 7) is 1.93. The summed E-state index contributed by atoms with van der Waals surface area (Å²) >= 11 is 0. The number of nitrogens with zero attached hydrogens (tertiary/aromatic N) is 1. The number of benzene rings is 2. The van der Waals surface area contributed by atoms with Crippen molar-refractivity contribution in [1.82, 2.24) is 5.43 Å². The van der Waals surface area contributed by atoms with Crippen LogP contribution in [-0.4, -0.2) is 18.7 Å². The molecule has 0 radical (unpaired) electrons. The predicted molar refractivity (Wildman–Crippen MR) is 78.9 cm³/mol. The van der Waals surface area contributed by atoms with Gasteiger partial charge in [-0.1, -0.05) is 48.0 Å². The Hall–Kier alpha value is -2.62. The molecule has 4 heteroatoms. The molecule has 0 fully saturated rings.